The quantitative estimate of drug-likeness (QED) is 0.455. The number of aliphatic hydroxyl groups excluding tert-OH is 1. The topological polar surface area (TPSA) is 152 Å². The Morgan fingerprint density at radius 3 is 2.67 bits per heavy atom. The molecule has 0 radical (unpaired) electrons. The number of hydrogen-bond donors (Lipinski definition) is 5. The molecule has 7 N–H and O–H groups in total. The van der Waals surface area contributed by atoms with Gasteiger partial charge in [0.05, 0.1) is 11.7 Å². The van der Waals surface area contributed by atoms with Crippen molar-refractivity contribution in [2.75, 3.05) is 10.6 Å². The lowest BCUT2D eigenvalue weighted by molar-refractivity contribution is 0.0996. The van der Waals surface area contributed by atoms with Gasteiger partial charge in [-0.3, -0.25) is 4.79 Å². The minimum absolute atomic E-state index is 0.0473. The van der Waals surface area contributed by atoms with Gasteiger partial charge in [0.1, 0.15) is 11.2 Å². The van der Waals surface area contributed by atoms with Crippen LogP contribution in [-0.2, 0) is 0 Å². The number of aryl methyl sites for hydroxylation is 1. The van der Waals surface area contributed by atoms with Crippen LogP contribution in [0, 0.1) is 6.92 Å². The van der Waals surface area contributed by atoms with E-state index in [1.165, 1.54) is 11.5 Å². The molecule has 2 aromatic heterocycles. The number of primary amides is 1. The van der Waals surface area contributed by atoms with E-state index in [1.807, 2.05) is 13.8 Å². The molecule has 2 aromatic rings. The number of anilines is 3. The molecule has 0 fully saturated rings. The fourth-order valence-corrected chi connectivity index (χ4v) is 2.75. The Bertz CT molecular complexity index is 737. The molecule has 1 unspecified atom stereocenters. The number of halogens is 1. The third-order valence-corrected chi connectivity index (χ3v) is 4.19. The molecular weight excluding hydrogens is 354 g/mol. The average molecular weight is 372 g/mol. The number of aliphatic hydroxyl groups is 1. The van der Waals surface area contributed by atoms with Gasteiger partial charge in [-0.05, 0) is 30.9 Å². The fraction of sp³-hybridized carbons (Fsp3) is 0.385. The molecule has 0 aliphatic rings. The zero-order valence-corrected chi connectivity index (χ0v) is 14.6. The number of nitrogens with zero attached hydrogens (tertiary/aromatic N) is 3. The van der Waals surface area contributed by atoms with Crippen molar-refractivity contribution in [3.05, 3.63) is 22.6 Å². The molecule has 0 spiro atoms. The van der Waals surface area contributed by atoms with E-state index in [0.29, 0.717) is 11.4 Å². The van der Waals surface area contributed by atoms with Crippen LogP contribution in [0.1, 0.15) is 29.5 Å². The van der Waals surface area contributed by atoms with Gasteiger partial charge < -0.3 is 27.2 Å². The van der Waals surface area contributed by atoms with Crippen molar-refractivity contribution in [3.8, 4) is 0 Å². The van der Waals surface area contributed by atoms with Crippen LogP contribution in [0.15, 0.2) is 6.07 Å². The summed E-state index contributed by atoms with van der Waals surface area (Å²) in [7, 11) is 0. The van der Waals surface area contributed by atoms with Gasteiger partial charge in [0.25, 0.3) is 5.91 Å². The Balaban J connectivity index is 2.39. The van der Waals surface area contributed by atoms with Crippen molar-refractivity contribution < 1.29 is 9.90 Å². The lowest BCUT2D eigenvalue weighted by Gasteiger charge is -2.21. The maximum atomic E-state index is 11.6. The first-order valence-electron chi connectivity index (χ1n) is 7.09. The number of rotatable bonds is 7. The van der Waals surface area contributed by atoms with Gasteiger partial charge in [-0.25, -0.2) is 9.97 Å². The highest BCUT2D eigenvalue weighted by molar-refractivity contribution is 7.10. The third-order valence-electron chi connectivity index (χ3n) is 3.13. The largest absolute Gasteiger partial charge is 0.377 e. The summed E-state index contributed by atoms with van der Waals surface area (Å²) in [5, 5.41) is 16.0. The number of aromatic nitrogens is 3. The van der Waals surface area contributed by atoms with E-state index in [4.69, 9.17) is 23.1 Å². The molecule has 2 rings (SSSR count). The van der Waals surface area contributed by atoms with Crippen LogP contribution in [0.4, 0.5) is 16.6 Å². The van der Waals surface area contributed by atoms with Crippen LogP contribution in [0.5, 0.6) is 0 Å². The number of nitrogens with one attached hydrogen (secondary N) is 2. The fourth-order valence-electron chi connectivity index (χ4n) is 1.91. The van der Waals surface area contributed by atoms with Gasteiger partial charge in [0.15, 0.2) is 22.5 Å². The summed E-state index contributed by atoms with van der Waals surface area (Å²) < 4.78 is 4.14. The lowest BCUT2D eigenvalue weighted by Crippen LogP contribution is -2.40. The number of carbonyl (C=O) groups excluding carboxylic acids is 1. The summed E-state index contributed by atoms with van der Waals surface area (Å²) >= 11 is 7.26. The molecule has 11 heteroatoms. The minimum atomic E-state index is -1.11. The van der Waals surface area contributed by atoms with Gasteiger partial charge in [-0.2, -0.15) is 4.37 Å². The SMILES string of the molecule is CC[C@@H](Nc1nc(Nc2cc(C)ns2)c(C(N)=O)nc1Cl)C(N)O. The zero-order chi connectivity index (χ0) is 17.9. The van der Waals surface area contributed by atoms with Gasteiger partial charge >= 0.3 is 0 Å². The molecule has 0 aliphatic heterocycles. The molecule has 0 saturated carbocycles. The van der Waals surface area contributed by atoms with E-state index in [9.17, 15) is 9.90 Å². The first-order chi connectivity index (χ1) is 11.3. The number of hydrogen-bond acceptors (Lipinski definition) is 9. The van der Waals surface area contributed by atoms with Crippen LogP contribution >= 0.6 is 23.1 Å². The lowest BCUT2D eigenvalue weighted by atomic mass is 10.2. The van der Waals surface area contributed by atoms with Crippen LogP contribution in [0.2, 0.25) is 5.15 Å². The van der Waals surface area contributed by atoms with E-state index in [2.05, 4.69) is 25.0 Å². The zero-order valence-electron chi connectivity index (χ0n) is 13.1. The molecular formula is C13H18ClN7O2S. The number of carbonyl (C=O) groups is 1. The molecule has 0 saturated heterocycles. The smallest absolute Gasteiger partial charge is 0.271 e. The molecule has 24 heavy (non-hydrogen) atoms. The minimum Gasteiger partial charge on any atom is -0.377 e. The standard InChI is InChI=1S/C13H18ClN7O2S/c1-3-6(10(15)22)17-13-9(14)19-8(11(16)23)12(20-13)18-7-4-5(2)21-24-7/h4,6,10,22H,3,15H2,1-2H3,(H2,16,23)(H2,17,18,20)/t6-,10?/m1/s1. The molecule has 0 aliphatic carbocycles. The Morgan fingerprint density at radius 1 is 1.46 bits per heavy atom. The summed E-state index contributed by atoms with van der Waals surface area (Å²) in [4.78, 5) is 19.8. The van der Waals surface area contributed by atoms with Crippen molar-refractivity contribution in [1.82, 2.24) is 14.3 Å². The van der Waals surface area contributed by atoms with Crippen molar-refractivity contribution in [2.45, 2.75) is 32.5 Å². The highest BCUT2D eigenvalue weighted by Gasteiger charge is 2.21. The van der Waals surface area contributed by atoms with Crippen LogP contribution < -0.4 is 22.1 Å². The second-order valence-electron chi connectivity index (χ2n) is 5.03. The summed E-state index contributed by atoms with van der Waals surface area (Å²) in [6.07, 6.45) is -0.575. The monoisotopic (exact) mass is 371 g/mol. The highest BCUT2D eigenvalue weighted by Crippen LogP contribution is 2.27. The van der Waals surface area contributed by atoms with Gasteiger partial charge in [0, 0.05) is 0 Å². The Kier molecular flexibility index (Phi) is 5.89. The van der Waals surface area contributed by atoms with E-state index < -0.39 is 18.2 Å². The van der Waals surface area contributed by atoms with Crippen molar-refractivity contribution >= 4 is 45.7 Å². The van der Waals surface area contributed by atoms with E-state index >= 15 is 0 Å². The summed E-state index contributed by atoms with van der Waals surface area (Å²) in [6, 6.07) is 1.31. The average Bonchev–Trinajstić information content (AvgIpc) is 2.91. The Hall–Kier alpha value is -2.01. The first-order valence-corrected chi connectivity index (χ1v) is 8.24. The molecule has 2 atom stereocenters. The predicted molar refractivity (Wildman–Crippen MR) is 93.6 cm³/mol. The maximum absolute atomic E-state index is 11.6. The Morgan fingerprint density at radius 2 is 2.17 bits per heavy atom. The first kappa shape index (κ1) is 18.3. The van der Waals surface area contributed by atoms with Gasteiger partial charge in [0.2, 0.25) is 0 Å². The van der Waals surface area contributed by atoms with E-state index in [1.54, 1.807) is 6.07 Å². The maximum Gasteiger partial charge on any atom is 0.271 e. The van der Waals surface area contributed by atoms with Crippen LogP contribution in [0.25, 0.3) is 0 Å². The van der Waals surface area contributed by atoms with Gasteiger partial charge in [-0.1, -0.05) is 18.5 Å². The summed E-state index contributed by atoms with van der Waals surface area (Å²) in [5.41, 5.74) is 11.5. The molecule has 2 heterocycles. The normalized spacial score (nSPS) is 13.4. The molecule has 130 valence electrons. The molecule has 0 bridgehead atoms. The molecule has 9 nitrogen and oxygen atoms in total. The van der Waals surface area contributed by atoms with E-state index in [0.717, 1.165) is 5.69 Å². The number of nitrogens with two attached hydrogens (primary N) is 2. The van der Waals surface area contributed by atoms with Crippen molar-refractivity contribution in [3.63, 3.8) is 0 Å². The number of amides is 1. The van der Waals surface area contributed by atoms with Gasteiger partial charge in [-0.15, -0.1) is 0 Å². The second kappa shape index (κ2) is 7.71. The molecule has 1 amide bonds. The summed E-state index contributed by atoms with van der Waals surface area (Å²) in [6.45, 7) is 3.68. The van der Waals surface area contributed by atoms with Crippen LogP contribution in [0.3, 0.4) is 0 Å². The second-order valence-corrected chi connectivity index (χ2v) is 6.19. The third kappa shape index (κ3) is 4.29. The highest BCUT2D eigenvalue weighted by atomic mass is 35.5. The molecule has 0 aromatic carbocycles. The predicted octanol–water partition coefficient (Wildman–Crippen LogP) is 1.21. The van der Waals surface area contributed by atoms with Crippen LogP contribution in [-0.4, -0.2) is 37.6 Å². The Labute approximate surface area is 147 Å². The van der Waals surface area contributed by atoms with Crippen molar-refractivity contribution in [2.24, 2.45) is 11.5 Å². The van der Waals surface area contributed by atoms with Crippen molar-refractivity contribution in [1.29, 1.82) is 0 Å². The summed E-state index contributed by atoms with van der Waals surface area (Å²) in [5.74, 6) is -0.452. The van der Waals surface area contributed by atoms with E-state index in [-0.39, 0.29) is 22.5 Å².